The van der Waals surface area contributed by atoms with Gasteiger partial charge in [-0.05, 0) is 45.9 Å². The number of benzene rings is 1. The standard InChI is InChI=1S/C15H18N2O4/c1-10(9-16)20-13(18)11-6-5-7-12(8-11)17-14(19)21-15(2,3)4/h5-8,10H,1-4H3,(H,17,19)/t10-/m0/s1. The summed E-state index contributed by atoms with van der Waals surface area (Å²) in [5.41, 5.74) is 0.0389. The Labute approximate surface area is 123 Å². The van der Waals surface area contributed by atoms with E-state index in [1.165, 1.54) is 19.1 Å². The first kappa shape index (κ1) is 16.5. The lowest BCUT2D eigenvalue weighted by Gasteiger charge is -2.19. The summed E-state index contributed by atoms with van der Waals surface area (Å²) < 4.78 is 10.00. The van der Waals surface area contributed by atoms with E-state index >= 15 is 0 Å². The van der Waals surface area contributed by atoms with Gasteiger partial charge in [-0.2, -0.15) is 5.26 Å². The Kier molecular flexibility index (Phi) is 5.30. The summed E-state index contributed by atoms with van der Waals surface area (Å²) in [7, 11) is 0. The molecule has 1 amide bonds. The molecule has 1 aromatic rings. The van der Waals surface area contributed by atoms with Gasteiger partial charge in [0.05, 0.1) is 5.56 Å². The van der Waals surface area contributed by atoms with Gasteiger partial charge in [-0.1, -0.05) is 6.07 Å². The highest BCUT2D eigenvalue weighted by Gasteiger charge is 2.17. The van der Waals surface area contributed by atoms with E-state index in [0.717, 1.165) is 0 Å². The maximum absolute atomic E-state index is 11.8. The molecule has 0 fully saturated rings. The van der Waals surface area contributed by atoms with Crippen molar-refractivity contribution in [3.63, 3.8) is 0 Å². The Balaban J connectivity index is 2.75. The van der Waals surface area contributed by atoms with Crippen molar-refractivity contribution in [3.8, 4) is 6.07 Å². The van der Waals surface area contributed by atoms with Crippen LogP contribution in [0.15, 0.2) is 24.3 Å². The van der Waals surface area contributed by atoms with Crippen LogP contribution in [0.25, 0.3) is 0 Å². The molecule has 1 rings (SSSR count). The molecule has 0 saturated carbocycles. The van der Waals surface area contributed by atoms with Crippen LogP contribution in [-0.2, 0) is 9.47 Å². The van der Waals surface area contributed by atoms with Crippen LogP contribution in [-0.4, -0.2) is 23.8 Å². The van der Waals surface area contributed by atoms with Gasteiger partial charge in [0, 0.05) is 5.69 Å². The molecule has 0 aliphatic carbocycles. The number of anilines is 1. The van der Waals surface area contributed by atoms with Gasteiger partial charge in [-0.15, -0.1) is 0 Å². The van der Waals surface area contributed by atoms with E-state index in [9.17, 15) is 9.59 Å². The van der Waals surface area contributed by atoms with Crippen molar-refractivity contribution in [1.82, 2.24) is 0 Å². The number of amides is 1. The second-order valence-electron chi connectivity index (χ2n) is 5.38. The number of hydrogen-bond acceptors (Lipinski definition) is 5. The monoisotopic (exact) mass is 290 g/mol. The quantitative estimate of drug-likeness (QED) is 0.864. The molecule has 6 nitrogen and oxygen atoms in total. The highest BCUT2D eigenvalue weighted by Crippen LogP contribution is 2.14. The van der Waals surface area contributed by atoms with Gasteiger partial charge in [0.15, 0.2) is 6.10 Å². The van der Waals surface area contributed by atoms with Crippen LogP contribution >= 0.6 is 0 Å². The molecule has 0 saturated heterocycles. The maximum atomic E-state index is 11.8. The number of nitrogens with one attached hydrogen (secondary N) is 1. The SMILES string of the molecule is C[C@@H](C#N)OC(=O)c1cccc(NC(=O)OC(C)(C)C)c1. The molecule has 0 aliphatic rings. The van der Waals surface area contributed by atoms with E-state index in [-0.39, 0.29) is 5.56 Å². The number of carbonyl (C=O) groups excluding carboxylic acids is 2. The average molecular weight is 290 g/mol. The minimum Gasteiger partial charge on any atom is -0.444 e. The van der Waals surface area contributed by atoms with E-state index in [4.69, 9.17) is 14.7 Å². The first-order chi connectivity index (χ1) is 9.71. The van der Waals surface area contributed by atoms with Gasteiger partial charge >= 0.3 is 12.1 Å². The summed E-state index contributed by atoms with van der Waals surface area (Å²) in [5, 5.41) is 11.1. The zero-order valence-corrected chi connectivity index (χ0v) is 12.5. The van der Waals surface area contributed by atoms with Crippen LogP contribution < -0.4 is 5.32 Å². The van der Waals surface area contributed by atoms with Crippen LogP contribution in [0.2, 0.25) is 0 Å². The summed E-state index contributed by atoms with van der Waals surface area (Å²) in [6.45, 7) is 6.73. The molecule has 21 heavy (non-hydrogen) atoms. The molecule has 6 heteroatoms. The maximum Gasteiger partial charge on any atom is 0.412 e. The average Bonchev–Trinajstić information content (AvgIpc) is 2.36. The topological polar surface area (TPSA) is 88.4 Å². The predicted octanol–water partition coefficient (Wildman–Crippen LogP) is 3.10. The van der Waals surface area contributed by atoms with Crippen LogP contribution in [0.1, 0.15) is 38.1 Å². The lowest BCUT2D eigenvalue weighted by molar-refractivity contribution is 0.0434. The van der Waals surface area contributed by atoms with E-state index in [1.54, 1.807) is 39.0 Å². The van der Waals surface area contributed by atoms with E-state index in [2.05, 4.69) is 5.32 Å². The minimum absolute atomic E-state index is 0.241. The lowest BCUT2D eigenvalue weighted by atomic mass is 10.2. The van der Waals surface area contributed by atoms with E-state index in [0.29, 0.717) is 5.69 Å². The minimum atomic E-state index is -0.833. The Morgan fingerprint density at radius 3 is 2.57 bits per heavy atom. The Morgan fingerprint density at radius 2 is 2.00 bits per heavy atom. The molecule has 0 spiro atoms. The van der Waals surface area contributed by atoms with Gasteiger partial charge in [-0.25, -0.2) is 9.59 Å². The number of ether oxygens (including phenoxy) is 2. The summed E-state index contributed by atoms with van der Waals surface area (Å²) in [6.07, 6.45) is -1.45. The van der Waals surface area contributed by atoms with Gasteiger partial charge in [0.1, 0.15) is 11.7 Å². The van der Waals surface area contributed by atoms with Crippen LogP contribution in [0.4, 0.5) is 10.5 Å². The number of carbonyl (C=O) groups is 2. The Hall–Kier alpha value is -2.55. The summed E-state index contributed by atoms with van der Waals surface area (Å²) in [5.74, 6) is -0.628. The molecular weight excluding hydrogens is 272 g/mol. The number of rotatable bonds is 3. The highest BCUT2D eigenvalue weighted by molar-refractivity contribution is 5.92. The molecule has 0 aliphatic heterocycles. The largest absolute Gasteiger partial charge is 0.444 e. The van der Waals surface area contributed by atoms with Gasteiger partial charge < -0.3 is 9.47 Å². The van der Waals surface area contributed by atoms with E-state index in [1.807, 2.05) is 0 Å². The highest BCUT2D eigenvalue weighted by atomic mass is 16.6. The fraction of sp³-hybridized carbons (Fsp3) is 0.400. The lowest BCUT2D eigenvalue weighted by Crippen LogP contribution is -2.27. The Morgan fingerprint density at radius 1 is 1.33 bits per heavy atom. The zero-order valence-electron chi connectivity index (χ0n) is 12.5. The van der Waals surface area contributed by atoms with E-state index < -0.39 is 23.8 Å². The third-order valence-electron chi connectivity index (χ3n) is 2.21. The molecule has 0 radical (unpaired) electrons. The van der Waals surface area contributed by atoms with Crippen molar-refractivity contribution in [1.29, 1.82) is 5.26 Å². The smallest absolute Gasteiger partial charge is 0.412 e. The molecule has 0 bridgehead atoms. The molecule has 1 N–H and O–H groups in total. The molecule has 0 heterocycles. The van der Waals surface area contributed by atoms with Crippen molar-refractivity contribution >= 4 is 17.7 Å². The van der Waals surface area contributed by atoms with Gasteiger partial charge in [-0.3, -0.25) is 5.32 Å². The van der Waals surface area contributed by atoms with Crippen LogP contribution in [0.3, 0.4) is 0 Å². The first-order valence-corrected chi connectivity index (χ1v) is 6.42. The summed E-state index contributed by atoms with van der Waals surface area (Å²) in [6, 6.07) is 8.01. The number of nitrogens with zero attached hydrogens (tertiary/aromatic N) is 1. The third kappa shape index (κ3) is 5.95. The van der Waals surface area contributed by atoms with Crippen LogP contribution in [0, 0.1) is 11.3 Å². The number of nitriles is 1. The predicted molar refractivity (Wildman–Crippen MR) is 76.8 cm³/mol. The fourth-order valence-corrected chi connectivity index (χ4v) is 1.40. The molecule has 1 atom stereocenters. The summed E-state index contributed by atoms with van der Waals surface area (Å²) in [4.78, 5) is 23.4. The van der Waals surface area contributed by atoms with Crippen LogP contribution in [0.5, 0.6) is 0 Å². The zero-order chi connectivity index (χ0) is 16.0. The normalized spacial score (nSPS) is 12.0. The molecular formula is C15H18N2O4. The van der Waals surface area contributed by atoms with Crippen molar-refractivity contribution in [3.05, 3.63) is 29.8 Å². The first-order valence-electron chi connectivity index (χ1n) is 6.42. The summed E-state index contributed by atoms with van der Waals surface area (Å²) >= 11 is 0. The van der Waals surface area contributed by atoms with Gasteiger partial charge in [0.2, 0.25) is 0 Å². The number of hydrogen-bond donors (Lipinski definition) is 1. The Bertz CT molecular complexity index is 570. The molecule has 112 valence electrons. The molecule has 0 aromatic heterocycles. The number of esters is 1. The van der Waals surface area contributed by atoms with Crippen molar-refractivity contribution in [2.24, 2.45) is 0 Å². The molecule has 0 unspecified atom stereocenters. The van der Waals surface area contributed by atoms with Crippen molar-refractivity contribution in [2.45, 2.75) is 39.4 Å². The second-order valence-corrected chi connectivity index (χ2v) is 5.38. The van der Waals surface area contributed by atoms with Crippen molar-refractivity contribution in [2.75, 3.05) is 5.32 Å². The fourth-order valence-electron chi connectivity index (χ4n) is 1.40. The van der Waals surface area contributed by atoms with Crippen molar-refractivity contribution < 1.29 is 19.1 Å². The third-order valence-corrected chi connectivity index (χ3v) is 2.21. The second kappa shape index (κ2) is 6.75. The molecule has 1 aromatic carbocycles. The van der Waals surface area contributed by atoms with Gasteiger partial charge in [0.25, 0.3) is 0 Å².